The van der Waals surface area contributed by atoms with Gasteiger partial charge in [0.2, 0.25) is 5.91 Å². The number of hydrogen-bond donors (Lipinski definition) is 3. The molecule has 0 aliphatic rings. The lowest BCUT2D eigenvalue weighted by Gasteiger charge is -2.17. The van der Waals surface area contributed by atoms with E-state index in [1.807, 2.05) is 72.8 Å². The Morgan fingerprint density at radius 2 is 1.64 bits per heavy atom. The van der Waals surface area contributed by atoms with E-state index in [-0.39, 0.29) is 12.5 Å². The van der Waals surface area contributed by atoms with Crippen LogP contribution in [0.2, 0.25) is 0 Å². The van der Waals surface area contributed by atoms with Gasteiger partial charge >= 0.3 is 0 Å². The molecular weight excluding hydrogens is 472 g/mol. The summed E-state index contributed by atoms with van der Waals surface area (Å²) in [5.74, 6) is 1.38. The van der Waals surface area contributed by atoms with Gasteiger partial charge in [0.25, 0.3) is 0 Å². The van der Waals surface area contributed by atoms with E-state index < -0.39 is 12.2 Å². The van der Waals surface area contributed by atoms with E-state index >= 15 is 0 Å². The summed E-state index contributed by atoms with van der Waals surface area (Å²) in [5.41, 5.74) is 2.39. The van der Waals surface area contributed by atoms with Crippen molar-refractivity contribution in [3.63, 3.8) is 0 Å². The molecule has 36 heavy (non-hydrogen) atoms. The highest BCUT2D eigenvalue weighted by molar-refractivity contribution is 7.99. The van der Waals surface area contributed by atoms with Gasteiger partial charge in [-0.1, -0.05) is 66.2 Å². The lowest BCUT2D eigenvalue weighted by atomic mass is 10.2. The average molecular weight is 511 g/mol. The van der Waals surface area contributed by atoms with Crippen LogP contribution in [0, 0.1) is 6.92 Å². The maximum Gasteiger partial charge on any atom is 0.249 e. The van der Waals surface area contributed by atoms with Crippen LogP contribution in [-0.4, -0.2) is 56.3 Å². The maximum atomic E-state index is 12.3. The van der Waals surface area contributed by atoms with Gasteiger partial charge in [0.15, 0.2) is 0 Å². The zero-order valence-electron chi connectivity index (χ0n) is 21.4. The third-order valence-electron chi connectivity index (χ3n) is 5.26. The lowest BCUT2D eigenvalue weighted by Crippen LogP contribution is -2.42. The first-order valence-corrected chi connectivity index (χ1v) is 13.0. The minimum Gasteiger partial charge on any atom is -0.497 e. The number of nitrogens with one attached hydrogen (secondary N) is 2. The summed E-state index contributed by atoms with van der Waals surface area (Å²) in [7, 11) is 3.16. The Balaban J connectivity index is 0.000000558. The molecule has 0 spiro atoms. The van der Waals surface area contributed by atoms with Crippen molar-refractivity contribution in [2.24, 2.45) is 0 Å². The Bertz CT molecular complexity index is 989. The molecule has 2 unspecified atom stereocenters. The van der Waals surface area contributed by atoms with Crippen molar-refractivity contribution in [3.05, 3.63) is 96.1 Å². The predicted octanol–water partition coefficient (Wildman–Crippen LogP) is 4.45. The topological polar surface area (TPSA) is 79.8 Å². The molecule has 3 rings (SSSR count). The molecule has 0 aliphatic heterocycles. The summed E-state index contributed by atoms with van der Waals surface area (Å²) in [6, 6.07) is 28.1. The van der Waals surface area contributed by atoms with Crippen LogP contribution in [0.1, 0.15) is 17.5 Å². The first kappa shape index (κ1) is 29.4. The summed E-state index contributed by atoms with van der Waals surface area (Å²) in [6.07, 6.45) is -0.601. The van der Waals surface area contributed by atoms with Crippen LogP contribution in [-0.2, 0) is 16.1 Å². The molecule has 3 aromatic rings. The van der Waals surface area contributed by atoms with Crippen LogP contribution in [0.5, 0.6) is 5.75 Å². The molecule has 7 heteroatoms. The Labute approximate surface area is 219 Å². The van der Waals surface area contributed by atoms with E-state index in [9.17, 15) is 9.90 Å². The van der Waals surface area contributed by atoms with E-state index in [4.69, 9.17) is 9.47 Å². The Morgan fingerprint density at radius 3 is 2.25 bits per heavy atom. The van der Waals surface area contributed by atoms with Crippen molar-refractivity contribution in [1.29, 1.82) is 0 Å². The fraction of sp³-hybridized carbons (Fsp3) is 0.345. The van der Waals surface area contributed by atoms with Crippen LogP contribution in [0.4, 0.5) is 0 Å². The minimum atomic E-state index is -0.680. The molecule has 2 atom stereocenters. The second-order valence-corrected chi connectivity index (χ2v) is 9.38. The Kier molecular flexibility index (Phi) is 14.3. The number of methoxy groups -OCH3 is 2. The molecule has 0 aliphatic carbocycles. The molecule has 1 amide bonds. The van der Waals surface area contributed by atoms with Crippen LogP contribution in [0.3, 0.4) is 0 Å². The number of carbonyl (C=O) groups excluding carboxylic acids is 1. The summed E-state index contributed by atoms with van der Waals surface area (Å²) >= 11 is 1.69. The van der Waals surface area contributed by atoms with Crippen molar-refractivity contribution >= 4 is 17.7 Å². The van der Waals surface area contributed by atoms with Crippen LogP contribution < -0.4 is 15.4 Å². The van der Waals surface area contributed by atoms with E-state index in [2.05, 4.69) is 29.7 Å². The van der Waals surface area contributed by atoms with Crippen molar-refractivity contribution in [2.45, 2.75) is 37.0 Å². The molecule has 3 N–H and O–H groups in total. The second kappa shape index (κ2) is 17.6. The number of aliphatic hydroxyl groups excluding tert-OH is 1. The number of thioether (sulfide) groups is 1. The van der Waals surface area contributed by atoms with E-state index in [1.165, 1.54) is 17.6 Å². The van der Waals surface area contributed by atoms with Gasteiger partial charge < -0.3 is 25.2 Å². The molecule has 0 bridgehead atoms. The predicted molar refractivity (Wildman–Crippen MR) is 147 cm³/mol. The van der Waals surface area contributed by atoms with Gasteiger partial charge in [-0.05, 0) is 43.2 Å². The SMILES string of the molecule is COc1cccc(CNCC(O)CNC(=O)C(CCSc2ccccc2)OC)c1.Cc1ccccc1. The third kappa shape index (κ3) is 12.2. The highest BCUT2D eigenvalue weighted by atomic mass is 32.2. The fourth-order valence-electron chi connectivity index (χ4n) is 3.26. The van der Waals surface area contributed by atoms with Crippen molar-refractivity contribution in [3.8, 4) is 5.75 Å². The van der Waals surface area contributed by atoms with Crippen molar-refractivity contribution in [2.75, 3.05) is 33.1 Å². The van der Waals surface area contributed by atoms with Gasteiger partial charge in [-0.15, -0.1) is 11.8 Å². The van der Waals surface area contributed by atoms with Gasteiger partial charge in [-0.25, -0.2) is 0 Å². The lowest BCUT2D eigenvalue weighted by molar-refractivity contribution is -0.131. The largest absolute Gasteiger partial charge is 0.497 e. The number of hydrogen-bond acceptors (Lipinski definition) is 6. The number of benzene rings is 3. The molecule has 6 nitrogen and oxygen atoms in total. The van der Waals surface area contributed by atoms with Gasteiger partial charge in [0.1, 0.15) is 11.9 Å². The molecule has 0 radical (unpaired) electrons. The number of ether oxygens (including phenoxy) is 2. The molecule has 3 aromatic carbocycles. The molecule has 0 fully saturated rings. The highest BCUT2D eigenvalue weighted by Gasteiger charge is 2.18. The molecule has 0 saturated heterocycles. The normalized spacial score (nSPS) is 12.1. The molecular formula is C29H38N2O4S. The van der Waals surface area contributed by atoms with Crippen LogP contribution >= 0.6 is 11.8 Å². The quantitative estimate of drug-likeness (QED) is 0.295. The van der Waals surface area contributed by atoms with Crippen LogP contribution in [0.15, 0.2) is 89.8 Å². The smallest absolute Gasteiger partial charge is 0.249 e. The maximum absolute atomic E-state index is 12.3. The Hall–Kier alpha value is -2.84. The zero-order valence-corrected chi connectivity index (χ0v) is 22.2. The summed E-state index contributed by atoms with van der Waals surface area (Å²) in [5, 5.41) is 16.1. The van der Waals surface area contributed by atoms with Gasteiger partial charge in [0, 0.05) is 37.4 Å². The summed E-state index contributed by atoms with van der Waals surface area (Å²) in [6.45, 7) is 3.24. The monoisotopic (exact) mass is 510 g/mol. The average Bonchev–Trinajstić information content (AvgIpc) is 2.91. The summed E-state index contributed by atoms with van der Waals surface area (Å²) in [4.78, 5) is 13.5. The molecule has 0 saturated carbocycles. The fourth-order valence-corrected chi connectivity index (χ4v) is 4.18. The highest BCUT2D eigenvalue weighted by Crippen LogP contribution is 2.19. The van der Waals surface area contributed by atoms with Crippen molar-refractivity contribution in [1.82, 2.24) is 10.6 Å². The van der Waals surface area contributed by atoms with E-state index in [0.717, 1.165) is 17.1 Å². The standard InChI is InChI=1S/C22H30N2O4S.C7H8/c1-27-19-8-6-7-17(13-19)14-23-15-18(25)16-24-22(26)21(28-2)11-12-29-20-9-4-3-5-10-20;1-7-5-3-2-4-6-7/h3-10,13,18,21,23,25H,11-12,14-16H2,1-2H3,(H,24,26);2-6H,1H3. The van der Waals surface area contributed by atoms with Gasteiger partial charge in [0.05, 0.1) is 13.2 Å². The number of rotatable bonds is 13. The number of carbonyl (C=O) groups is 1. The van der Waals surface area contributed by atoms with E-state index in [0.29, 0.717) is 19.5 Å². The zero-order chi connectivity index (χ0) is 26.0. The van der Waals surface area contributed by atoms with E-state index in [1.54, 1.807) is 18.9 Å². The number of aliphatic hydroxyl groups is 1. The molecule has 0 heterocycles. The van der Waals surface area contributed by atoms with Gasteiger partial charge in [-0.3, -0.25) is 4.79 Å². The van der Waals surface area contributed by atoms with Crippen LogP contribution in [0.25, 0.3) is 0 Å². The van der Waals surface area contributed by atoms with Gasteiger partial charge in [-0.2, -0.15) is 0 Å². The third-order valence-corrected chi connectivity index (χ3v) is 6.31. The molecule has 194 valence electrons. The Morgan fingerprint density at radius 1 is 0.944 bits per heavy atom. The summed E-state index contributed by atoms with van der Waals surface area (Å²) < 4.78 is 10.5. The first-order valence-electron chi connectivity index (χ1n) is 12.0. The number of aryl methyl sites for hydroxylation is 1. The second-order valence-electron chi connectivity index (χ2n) is 8.21. The number of amides is 1. The van der Waals surface area contributed by atoms with Crippen molar-refractivity contribution < 1.29 is 19.4 Å². The molecule has 0 aromatic heterocycles. The minimum absolute atomic E-state index is 0.176. The first-order chi connectivity index (χ1) is 17.5.